The number of fused-ring (bicyclic) bond motifs is 1. The molecule has 1 aliphatic heterocycles. The van der Waals surface area contributed by atoms with Crippen LogP contribution in [0.1, 0.15) is 46.5 Å². The summed E-state index contributed by atoms with van der Waals surface area (Å²) in [6.07, 6.45) is 1.70. The maximum absolute atomic E-state index is 12.3. The Morgan fingerprint density at radius 3 is 2.20 bits per heavy atom. The van der Waals surface area contributed by atoms with Gasteiger partial charge in [-0.15, -0.1) is 0 Å². The average molecular weight is 354 g/mol. The molecule has 1 heterocycles. The van der Waals surface area contributed by atoms with E-state index in [1.54, 1.807) is 20.8 Å². The number of aliphatic hydroxyl groups is 1. The standard InChI is InChI=1S/C17H26N2O6/c1-17(2,3)25-16(24)12(20)8-18-13(21)9-19-14(22)10-6-4-5-7-11(10)15(19)23/h10-12,20H,4-9H2,1-3H3,(H,18,21)/t10-,11+,12-/m0/s1. The van der Waals surface area contributed by atoms with Crippen molar-refractivity contribution in [3.63, 3.8) is 0 Å². The first-order chi connectivity index (χ1) is 11.6. The zero-order valence-electron chi connectivity index (χ0n) is 14.9. The molecule has 8 nitrogen and oxygen atoms in total. The Hall–Kier alpha value is -1.96. The SMILES string of the molecule is CC(C)(C)OC(=O)[C@@H](O)CNC(=O)CN1C(=O)[C@H]2CCCC[C@H]2C1=O. The molecule has 0 bridgehead atoms. The molecule has 140 valence electrons. The summed E-state index contributed by atoms with van der Waals surface area (Å²) in [6.45, 7) is 4.28. The Bertz CT molecular complexity index is 544. The molecule has 0 spiro atoms. The van der Waals surface area contributed by atoms with Crippen LogP contribution >= 0.6 is 0 Å². The largest absolute Gasteiger partial charge is 0.458 e. The van der Waals surface area contributed by atoms with Crippen molar-refractivity contribution in [2.24, 2.45) is 11.8 Å². The number of ether oxygens (including phenoxy) is 1. The molecule has 3 atom stereocenters. The van der Waals surface area contributed by atoms with Crippen molar-refractivity contribution in [3.8, 4) is 0 Å². The van der Waals surface area contributed by atoms with Crippen LogP contribution in [0.3, 0.4) is 0 Å². The lowest BCUT2D eigenvalue weighted by molar-refractivity contribution is -0.164. The van der Waals surface area contributed by atoms with Crippen LogP contribution in [0.15, 0.2) is 0 Å². The van der Waals surface area contributed by atoms with Gasteiger partial charge in [-0.25, -0.2) is 4.79 Å². The molecule has 2 rings (SSSR count). The number of imide groups is 1. The molecule has 2 aliphatic rings. The maximum atomic E-state index is 12.3. The number of aliphatic hydroxyl groups excluding tert-OH is 1. The fraction of sp³-hybridized carbons (Fsp3) is 0.765. The number of hydrogen-bond acceptors (Lipinski definition) is 6. The summed E-state index contributed by atoms with van der Waals surface area (Å²) in [6, 6.07) is 0. The number of likely N-dealkylation sites (tertiary alicyclic amines) is 1. The Labute approximate surface area is 146 Å². The van der Waals surface area contributed by atoms with Crippen LogP contribution < -0.4 is 5.32 Å². The number of hydrogen-bond donors (Lipinski definition) is 2. The predicted molar refractivity (Wildman–Crippen MR) is 87.0 cm³/mol. The van der Waals surface area contributed by atoms with E-state index in [1.165, 1.54) is 0 Å². The summed E-state index contributed by atoms with van der Waals surface area (Å²) in [5.74, 6) is -2.63. The highest BCUT2D eigenvalue weighted by molar-refractivity contribution is 6.07. The Kier molecular flexibility index (Phi) is 5.82. The van der Waals surface area contributed by atoms with E-state index in [2.05, 4.69) is 5.32 Å². The fourth-order valence-corrected chi connectivity index (χ4v) is 3.25. The molecule has 8 heteroatoms. The average Bonchev–Trinajstić information content (AvgIpc) is 2.76. The van der Waals surface area contributed by atoms with Crippen molar-refractivity contribution < 1.29 is 29.0 Å². The molecule has 1 saturated heterocycles. The van der Waals surface area contributed by atoms with Crippen LogP contribution in [-0.4, -0.2) is 58.5 Å². The van der Waals surface area contributed by atoms with Crippen LogP contribution in [-0.2, 0) is 23.9 Å². The van der Waals surface area contributed by atoms with Crippen molar-refractivity contribution >= 4 is 23.7 Å². The predicted octanol–water partition coefficient (Wildman–Crippen LogP) is -0.0196. The van der Waals surface area contributed by atoms with Gasteiger partial charge < -0.3 is 15.2 Å². The second-order valence-electron chi connectivity index (χ2n) is 7.61. The molecule has 0 aromatic heterocycles. The van der Waals surface area contributed by atoms with E-state index in [0.717, 1.165) is 17.7 Å². The van der Waals surface area contributed by atoms with Gasteiger partial charge in [0, 0.05) is 0 Å². The molecule has 1 saturated carbocycles. The number of carbonyl (C=O) groups is 4. The second kappa shape index (κ2) is 7.51. The number of nitrogens with zero attached hydrogens (tertiary/aromatic N) is 1. The lowest BCUT2D eigenvalue weighted by atomic mass is 9.81. The molecular formula is C17H26N2O6. The van der Waals surface area contributed by atoms with E-state index in [9.17, 15) is 24.3 Å². The van der Waals surface area contributed by atoms with Gasteiger partial charge in [0.15, 0.2) is 6.10 Å². The first-order valence-corrected chi connectivity index (χ1v) is 8.63. The highest BCUT2D eigenvalue weighted by Crippen LogP contribution is 2.37. The zero-order chi connectivity index (χ0) is 18.8. The minimum atomic E-state index is -1.50. The molecule has 0 aromatic carbocycles. The third-order valence-corrected chi connectivity index (χ3v) is 4.41. The van der Waals surface area contributed by atoms with Gasteiger partial charge in [0.05, 0.1) is 18.4 Å². The van der Waals surface area contributed by atoms with Gasteiger partial charge in [0.2, 0.25) is 17.7 Å². The monoisotopic (exact) mass is 354 g/mol. The Morgan fingerprint density at radius 2 is 1.72 bits per heavy atom. The molecule has 2 fully saturated rings. The number of carbonyl (C=O) groups excluding carboxylic acids is 4. The normalized spacial score (nSPS) is 24.7. The van der Waals surface area contributed by atoms with E-state index < -0.39 is 23.6 Å². The van der Waals surface area contributed by atoms with Crippen molar-refractivity contribution in [3.05, 3.63) is 0 Å². The van der Waals surface area contributed by atoms with Crippen molar-refractivity contribution in [1.29, 1.82) is 0 Å². The number of rotatable bonds is 5. The van der Waals surface area contributed by atoms with Crippen LogP contribution in [0.2, 0.25) is 0 Å². The van der Waals surface area contributed by atoms with Gasteiger partial charge in [-0.1, -0.05) is 12.8 Å². The van der Waals surface area contributed by atoms with Crippen molar-refractivity contribution in [2.45, 2.75) is 58.2 Å². The minimum Gasteiger partial charge on any atom is -0.458 e. The summed E-state index contributed by atoms with van der Waals surface area (Å²) in [5.41, 5.74) is -0.743. The first-order valence-electron chi connectivity index (χ1n) is 8.63. The summed E-state index contributed by atoms with van der Waals surface area (Å²) >= 11 is 0. The van der Waals surface area contributed by atoms with Crippen molar-refractivity contribution in [1.82, 2.24) is 10.2 Å². The number of amides is 3. The molecule has 3 amide bonds. The topological polar surface area (TPSA) is 113 Å². The summed E-state index contributed by atoms with van der Waals surface area (Å²) in [4.78, 5) is 49.2. The van der Waals surface area contributed by atoms with Gasteiger partial charge in [0.1, 0.15) is 12.1 Å². The van der Waals surface area contributed by atoms with Gasteiger partial charge in [0.25, 0.3) is 0 Å². The third-order valence-electron chi connectivity index (χ3n) is 4.41. The van der Waals surface area contributed by atoms with Gasteiger partial charge in [-0.05, 0) is 33.6 Å². The second-order valence-corrected chi connectivity index (χ2v) is 7.61. The quantitative estimate of drug-likeness (QED) is 0.530. The van der Waals surface area contributed by atoms with Crippen LogP contribution in [0.25, 0.3) is 0 Å². The van der Waals surface area contributed by atoms with Gasteiger partial charge in [-0.2, -0.15) is 0 Å². The number of esters is 1. The van der Waals surface area contributed by atoms with Crippen LogP contribution in [0.4, 0.5) is 0 Å². The summed E-state index contributed by atoms with van der Waals surface area (Å²) < 4.78 is 5.00. The van der Waals surface area contributed by atoms with E-state index in [4.69, 9.17) is 4.74 Å². The van der Waals surface area contributed by atoms with Crippen molar-refractivity contribution in [2.75, 3.05) is 13.1 Å². The van der Waals surface area contributed by atoms with E-state index in [1.807, 2.05) is 0 Å². The Balaban J connectivity index is 1.83. The van der Waals surface area contributed by atoms with Gasteiger partial charge in [-0.3, -0.25) is 19.3 Å². The minimum absolute atomic E-state index is 0.294. The molecule has 25 heavy (non-hydrogen) atoms. The van der Waals surface area contributed by atoms with E-state index in [-0.39, 0.29) is 36.7 Å². The molecule has 1 aliphatic carbocycles. The lowest BCUT2D eigenvalue weighted by Gasteiger charge is -2.22. The summed E-state index contributed by atoms with van der Waals surface area (Å²) in [5, 5.41) is 12.1. The molecule has 0 unspecified atom stereocenters. The molecular weight excluding hydrogens is 328 g/mol. The first kappa shape index (κ1) is 19.4. The van der Waals surface area contributed by atoms with E-state index >= 15 is 0 Å². The highest BCUT2D eigenvalue weighted by Gasteiger charge is 2.48. The zero-order valence-corrected chi connectivity index (χ0v) is 14.9. The van der Waals surface area contributed by atoms with Crippen LogP contribution in [0.5, 0.6) is 0 Å². The van der Waals surface area contributed by atoms with E-state index in [0.29, 0.717) is 12.8 Å². The maximum Gasteiger partial charge on any atom is 0.337 e. The third kappa shape index (κ3) is 4.78. The summed E-state index contributed by atoms with van der Waals surface area (Å²) in [7, 11) is 0. The molecule has 0 radical (unpaired) electrons. The lowest BCUT2D eigenvalue weighted by Crippen LogP contribution is -2.45. The molecule has 2 N–H and O–H groups in total. The fourth-order valence-electron chi connectivity index (χ4n) is 3.25. The van der Waals surface area contributed by atoms with Gasteiger partial charge >= 0.3 is 5.97 Å². The number of nitrogens with one attached hydrogen (secondary N) is 1. The van der Waals surface area contributed by atoms with Crippen LogP contribution in [0, 0.1) is 11.8 Å². The smallest absolute Gasteiger partial charge is 0.337 e. The Morgan fingerprint density at radius 1 is 1.20 bits per heavy atom. The highest BCUT2D eigenvalue weighted by atomic mass is 16.6. The molecule has 0 aromatic rings.